The number of aryl methyl sites for hydroxylation is 2. The molecule has 0 unspecified atom stereocenters. The van der Waals surface area contributed by atoms with Gasteiger partial charge in [-0.05, 0) is 30.2 Å². The van der Waals surface area contributed by atoms with Crippen LogP contribution in [0.15, 0.2) is 27.8 Å². The summed E-state index contributed by atoms with van der Waals surface area (Å²) < 4.78 is 18.8. The molecular formula is C21H21ClN4O6. The number of hydrogen-bond donors (Lipinski definition) is 1. The normalized spacial score (nSPS) is 12.7. The summed E-state index contributed by atoms with van der Waals surface area (Å²) in [5.74, 6) is 0.711. The van der Waals surface area contributed by atoms with E-state index in [2.05, 4.69) is 9.97 Å². The van der Waals surface area contributed by atoms with Gasteiger partial charge < -0.3 is 18.8 Å². The average molecular weight is 461 g/mol. The molecule has 1 aromatic carbocycles. The van der Waals surface area contributed by atoms with Crippen molar-refractivity contribution in [2.24, 2.45) is 7.05 Å². The first-order valence-electron chi connectivity index (χ1n) is 10.0. The van der Waals surface area contributed by atoms with Gasteiger partial charge in [-0.3, -0.25) is 14.3 Å². The number of imidazole rings is 1. The smallest absolute Gasteiger partial charge is 0.331 e. The fourth-order valence-electron chi connectivity index (χ4n) is 3.38. The van der Waals surface area contributed by atoms with Gasteiger partial charge in [0, 0.05) is 19.7 Å². The number of esters is 1. The van der Waals surface area contributed by atoms with Gasteiger partial charge >= 0.3 is 11.7 Å². The van der Waals surface area contributed by atoms with Crippen LogP contribution in [-0.4, -0.2) is 31.9 Å². The first kappa shape index (κ1) is 21.7. The molecule has 1 aliphatic heterocycles. The van der Waals surface area contributed by atoms with Gasteiger partial charge in [0.2, 0.25) is 6.79 Å². The molecule has 0 saturated heterocycles. The van der Waals surface area contributed by atoms with Crippen LogP contribution in [0.4, 0.5) is 0 Å². The summed E-state index contributed by atoms with van der Waals surface area (Å²) in [5, 5.41) is 0.382. The second-order valence-corrected chi connectivity index (χ2v) is 7.61. The first-order chi connectivity index (χ1) is 15.4. The van der Waals surface area contributed by atoms with E-state index in [1.54, 1.807) is 19.2 Å². The van der Waals surface area contributed by atoms with Crippen LogP contribution < -0.4 is 20.7 Å². The number of H-pyrrole nitrogens is 1. The first-order valence-corrected chi connectivity index (χ1v) is 10.4. The summed E-state index contributed by atoms with van der Waals surface area (Å²) in [6, 6.07) is 3.34. The van der Waals surface area contributed by atoms with E-state index in [1.807, 2.05) is 6.92 Å². The van der Waals surface area contributed by atoms with Gasteiger partial charge in [-0.2, -0.15) is 0 Å². The number of carbonyl (C=O) groups is 1. The van der Waals surface area contributed by atoms with Gasteiger partial charge in [0.05, 0.1) is 5.02 Å². The Labute approximate surface area is 187 Å². The van der Waals surface area contributed by atoms with Gasteiger partial charge in [0.15, 0.2) is 22.7 Å². The van der Waals surface area contributed by atoms with Crippen molar-refractivity contribution >= 4 is 34.8 Å². The van der Waals surface area contributed by atoms with Crippen LogP contribution in [0, 0.1) is 0 Å². The molecule has 0 amide bonds. The van der Waals surface area contributed by atoms with E-state index in [1.165, 1.54) is 21.3 Å². The van der Waals surface area contributed by atoms with Crippen LogP contribution in [0.3, 0.4) is 0 Å². The van der Waals surface area contributed by atoms with Crippen molar-refractivity contribution in [2.75, 3.05) is 6.79 Å². The minimum atomic E-state index is -0.608. The van der Waals surface area contributed by atoms with Crippen LogP contribution in [0.25, 0.3) is 17.2 Å². The molecule has 0 atom stereocenters. The summed E-state index contributed by atoms with van der Waals surface area (Å²) in [6.07, 6.45) is 4.43. The number of benzene rings is 1. The second kappa shape index (κ2) is 8.91. The van der Waals surface area contributed by atoms with E-state index >= 15 is 0 Å². The van der Waals surface area contributed by atoms with Gasteiger partial charge in [0.1, 0.15) is 12.4 Å². The third-order valence-corrected chi connectivity index (χ3v) is 5.33. The quantitative estimate of drug-likeness (QED) is 0.424. The average Bonchev–Trinajstić information content (AvgIpc) is 3.35. The maximum Gasteiger partial charge on any atom is 0.331 e. The number of nitrogens with one attached hydrogen (secondary N) is 1. The number of carbonyl (C=O) groups excluding carboxylic acids is 1. The predicted octanol–water partition coefficient (Wildman–Crippen LogP) is 2.36. The van der Waals surface area contributed by atoms with Crippen LogP contribution in [0.5, 0.6) is 11.5 Å². The Morgan fingerprint density at radius 1 is 1.34 bits per heavy atom. The van der Waals surface area contributed by atoms with E-state index in [9.17, 15) is 14.4 Å². The molecule has 1 N–H and O–H groups in total. The molecule has 1 aliphatic rings. The number of nitrogens with zero attached hydrogens (tertiary/aromatic N) is 3. The maximum atomic E-state index is 12.3. The fourth-order valence-corrected chi connectivity index (χ4v) is 3.65. The summed E-state index contributed by atoms with van der Waals surface area (Å²) in [4.78, 5) is 43.4. The molecule has 168 valence electrons. The van der Waals surface area contributed by atoms with E-state index in [0.29, 0.717) is 34.5 Å². The van der Waals surface area contributed by atoms with Crippen LogP contribution in [0.1, 0.15) is 31.2 Å². The van der Waals surface area contributed by atoms with Gasteiger partial charge in [0.25, 0.3) is 5.56 Å². The lowest BCUT2D eigenvalue weighted by Gasteiger charge is -2.04. The number of fused-ring (bicyclic) bond motifs is 2. The topological polar surface area (TPSA) is 117 Å². The fraction of sp³-hybridized carbons (Fsp3) is 0.333. The number of aromatic amines is 1. The Hall–Kier alpha value is -3.53. The van der Waals surface area contributed by atoms with Gasteiger partial charge in [-0.1, -0.05) is 24.9 Å². The highest BCUT2D eigenvalue weighted by molar-refractivity contribution is 6.32. The molecule has 0 aliphatic carbocycles. The Morgan fingerprint density at radius 3 is 2.94 bits per heavy atom. The van der Waals surface area contributed by atoms with Crippen molar-refractivity contribution in [3.8, 4) is 11.5 Å². The molecule has 0 saturated carbocycles. The largest absolute Gasteiger partial charge is 0.454 e. The molecule has 2 aromatic heterocycles. The predicted molar refractivity (Wildman–Crippen MR) is 117 cm³/mol. The molecule has 10 nitrogen and oxygen atoms in total. The number of aromatic nitrogens is 4. The Kier molecular flexibility index (Phi) is 6.04. The zero-order valence-corrected chi connectivity index (χ0v) is 18.3. The molecule has 0 spiro atoms. The van der Waals surface area contributed by atoms with Gasteiger partial charge in [-0.25, -0.2) is 14.6 Å². The van der Waals surface area contributed by atoms with Crippen LogP contribution in [0.2, 0.25) is 5.02 Å². The van der Waals surface area contributed by atoms with Crippen molar-refractivity contribution < 1.29 is 19.0 Å². The van der Waals surface area contributed by atoms with Crippen LogP contribution in [-0.2, 0) is 29.7 Å². The standard InChI is InChI=1S/C21H21ClN4O6/c1-3-4-7-26-19-17(20(28)24-21(26)29)25(2)15(23-19)10-30-16(27)6-5-12-8-13(22)18-14(9-12)31-11-32-18/h5-6,8-9H,3-4,7,10-11H2,1-2H3,(H,24,28,29)/b6-5+. The Morgan fingerprint density at radius 2 is 2.16 bits per heavy atom. The summed E-state index contributed by atoms with van der Waals surface area (Å²) in [5.41, 5.74) is 0.113. The second-order valence-electron chi connectivity index (χ2n) is 7.20. The maximum absolute atomic E-state index is 12.3. The zero-order valence-electron chi connectivity index (χ0n) is 17.5. The van der Waals surface area contributed by atoms with Crippen LogP contribution >= 0.6 is 11.6 Å². The number of rotatable bonds is 7. The molecule has 32 heavy (non-hydrogen) atoms. The summed E-state index contributed by atoms with van der Waals surface area (Å²) in [6.45, 7) is 2.36. The van der Waals surface area contributed by atoms with E-state index in [4.69, 9.17) is 25.8 Å². The third-order valence-electron chi connectivity index (χ3n) is 5.05. The van der Waals surface area contributed by atoms with Crippen molar-refractivity contribution in [3.05, 3.63) is 55.5 Å². The van der Waals surface area contributed by atoms with Crippen molar-refractivity contribution in [1.82, 2.24) is 19.1 Å². The number of unbranched alkanes of at least 4 members (excludes halogenated alkanes) is 1. The highest BCUT2D eigenvalue weighted by Crippen LogP contribution is 2.40. The third kappa shape index (κ3) is 4.13. The molecule has 0 bridgehead atoms. The molecular weight excluding hydrogens is 440 g/mol. The molecule has 3 heterocycles. The minimum Gasteiger partial charge on any atom is -0.454 e. The molecule has 3 aromatic rings. The van der Waals surface area contributed by atoms with E-state index in [-0.39, 0.29) is 24.6 Å². The number of halogens is 1. The molecule has 0 fully saturated rings. The zero-order chi connectivity index (χ0) is 22.8. The lowest BCUT2D eigenvalue weighted by atomic mass is 10.2. The molecule has 4 rings (SSSR count). The Balaban J connectivity index is 1.51. The minimum absolute atomic E-state index is 0.0946. The lowest BCUT2D eigenvalue weighted by molar-refractivity contribution is -0.139. The molecule has 11 heteroatoms. The van der Waals surface area contributed by atoms with Crippen molar-refractivity contribution in [1.29, 1.82) is 0 Å². The summed E-state index contributed by atoms with van der Waals surface area (Å²) in [7, 11) is 1.63. The van der Waals surface area contributed by atoms with Crippen molar-refractivity contribution in [2.45, 2.75) is 32.9 Å². The lowest BCUT2D eigenvalue weighted by Crippen LogP contribution is -2.31. The highest BCUT2D eigenvalue weighted by Gasteiger charge is 2.19. The number of ether oxygens (including phenoxy) is 3. The van der Waals surface area contributed by atoms with Gasteiger partial charge in [-0.15, -0.1) is 0 Å². The van der Waals surface area contributed by atoms with Crippen molar-refractivity contribution in [3.63, 3.8) is 0 Å². The SMILES string of the molecule is CCCCn1c(=O)[nH]c(=O)c2c1nc(COC(=O)/C=C/c1cc(Cl)c3c(c1)OCO3)n2C. The number of hydrogen-bond acceptors (Lipinski definition) is 7. The van der Waals surface area contributed by atoms with E-state index < -0.39 is 17.2 Å². The highest BCUT2D eigenvalue weighted by atomic mass is 35.5. The monoisotopic (exact) mass is 460 g/mol. The van der Waals surface area contributed by atoms with E-state index in [0.717, 1.165) is 12.8 Å². The summed E-state index contributed by atoms with van der Waals surface area (Å²) >= 11 is 6.14. The molecule has 0 radical (unpaired) electrons. The Bertz CT molecular complexity index is 1340.